The molecular formula is C52H100N2O14Si2. The molecule has 0 aromatic rings. The van der Waals surface area contributed by atoms with Gasteiger partial charge in [0, 0.05) is 50.2 Å². The van der Waals surface area contributed by atoms with Crippen LogP contribution in [0, 0.1) is 23.7 Å². The van der Waals surface area contributed by atoms with Gasteiger partial charge in [-0.3, -0.25) is 4.79 Å². The first-order chi connectivity index (χ1) is 32.1. The van der Waals surface area contributed by atoms with Crippen LogP contribution in [-0.2, 0) is 51.6 Å². The highest BCUT2D eigenvalue weighted by Gasteiger charge is 2.55. The number of ether oxygens (including phenoxy) is 7. The van der Waals surface area contributed by atoms with Crippen LogP contribution in [0.25, 0.3) is 0 Å². The van der Waals surface area contributed by atoms with Gasteiger partial charge in [0.1, 0.15) is 17.8 Å². The fraction of sp³-hybridized carbons (Fsp3) is 0.962. The first kappa shape index (κ1) is 61.4. The minimum atomic E-state index is -2.23. The quantitative estimate of drug-likeness (QED) is 0.0614. The molecule has 70 heavy (non-hydrogen) atoms. The summed E-state index contributed by atoms with van der Waals surface area (Å²) in [7, 11) is 1.42. The molecule has 1 unspecified atom stereocenters. The second-order valence-corrected chi connectivity index (χ2v) is 33.6. The lowest BCUT2D eigenvalue weighted by atomic mass is 9.73. The topological polar surface area (TPSA) is 186 Å². The highest BCUT2D eigenvalue weighted by molar-refractivity contribution is 6.70. The first-order valence-electron chi connectivity index (χ1n) is 26.6. The Labute approximate surface area is 425 Å². The summed E-state index contributed by atoms with van der Waals surface area (Å²) in [5, 5.41) is 43.0. The Morgan fingerprint density at radius 3 is 1.96 bits per heavy atom. The third-order valence-electron chi connectivity index (χ3n) is 15.1. The molecule has 3 saturated heterocycles. The Bertz CT molecular complexity index is 1680. The fourth-order valence-corrected chi connectivity index (χ4v) is 13.9. The van der Waals surface area contributed by atoms with Crippen LogP contribution >= 0.6 is 0 Å². The Balaban J connectivity index is 1.96. The van der Waals surface area contributed by atoms with Gasteiger partial charge >= 0.3 is 5.97 Å². The van der Waals surface area contributed by atoms with Gasteiger partial charge in [0.25, 0.3) is 0 Å². The molecule has 1 aliphatic carbocycles. The number of rotatable bonds is 15. The second-order valence-electron chi connectivity index (χ2n) is 24.7. The molecule has 1 saturated carbocycles. The summed E-state index contributed by atoms with van der Waals surface area (Å²) >= 11 is 0. The number of carbonyl (C=O) groups excluding carboxylic acids is 1. The van der Waals surface area contributed by atoms with Gasteiger partial charge < -0.3 is 67.1 Å². The molecule has 0 radical (unpaired) electrons. The third kappa shape index (κ3) is 15.5. The van der Waals surface area contributed by atoms with E-state index in [0.29, 0.717) is 25.0 Å². The molecule has 0 aromatic heterocycles. The predicted molar refractivity (Wildman–Crippen MR) is 276 cm³/mol. The maximum Gasteiger partial charge on any atom is 0.311 e. The van der Waals surface area contributed by atoms with Crippen molar-refractivity contribution >= 4 is 28.3 Å². The number of likely N-dealkylation sites (N-methyl/N-ethyl adjacent to an activating group) is 1. The molecule has 4 rings (SSSR count). The highest BCUT2D eigenvalue weighted by Crippen LogP contribution is 2.43. The number of nitrogens with zero attached hydrogens (tertiary/aromatic N) is 2. The van der Waals surface area contributed by atoms with E-state index < -0.39 is 124 Å². The van der Waals surface area contributed by atoms with E-state index in [2.05, 4.69) is 44.2 Å². The maximum atomic E-state index is 14.8. The molecule has 0 aromatic carbocycles. The van der Waals surface area contributed by atoms with Crippen molar-refractivity contribution in [3.63, 3.8) is 0 Å². The van der Waals surface area contributed by atoms with Gasteiger partial charge in [-0.25, -0.2) is 0 Å². The van der Waals surface area contributed by atoms with Crippen LogP contribution in [0.5, 0.6) is 0 Å². The van der Waals surface area contributed by atoms with Crippen molar-refractivity contribution < 1.29 is 67.0 Å². The predicted octanol–water partition coefficient (Wildman–Crippen LogP) is 8.39. The molecule has 4 fully saturated rings. The highest BCUT2D eigenvalue weighted by atomic mass is 28.4. The number of esters is 1. The van der Waals surface area contributed by atoms with Crippen molar-refractivity contribution in [2.45, 2.75) is 276 Å². The lowest BCUT2D eigenvalue weighted by molar-refractivity contribution is -0.315. The van der Waals surface area contributed by atoms with Gasteiger partial charge in [0.2, 0.25) is 5.79 Å². The van der Waals surface area contributed by atoms with Crippen molar-refractivity contribution in [1.82, 2.24) is 4.90 Å². The van der Waals surface area contributed by atoms with Crippen LogP contribution in [0.1, 0.15) is 141 Å². The van der Waals surface area contributed by atoms with E-state index in [1.165, 1.54) is 6.92 Å². The molecule has 18 atom stereocenters. The Kier molecular flexibility index (Phi) is 21.3. The van der Waals surface area contributed by atoms with Crippen LogP contribution in [0.3, 0.4) is 0 Å². The van der Waals surface area contributed by atoms with E-state index in [4.69, 9.17) is 52.0 Å². The normalized spacial score (nSPS) is 42.7. The third-order valence-corrected chi connectivity index (χ3v) is 17.1. The Hall–Kier alpha value is -1.11. The van der Waals surface area contributed by atoms with Crippen molar-refractivity contribution in [3.8, 4) is 0 Å². The fourth-order valence-electron chi connectivity index (χ4n) is 11.6. The molecule has 3 N–H and O–H groups in total. The lowest BCUT2D eigenvalue weighted by Gasteiger charge is -2.51. The van der Waals surface area contributed by atoms with Gasteiger partial charge in [0.15, 0.2) is 29.2 Å². The van der Waals surface area contributed by atoms with Gasteiger partial charge in [-0.1, -0.05) is 39.3 Å². The molecule has 18 heteroatoms. The smallest absolute Gasteiger partial charge is 0.311 e. The minimum Gasteiger partial charge on any atom is -0.459 e. The van der Waals surface area contributed by atoms with E-state index in [-0.39, 0.29) is 37.5 Å². The zero-order chi connectivity index (χ0) is 53.1. The van der Waals surface area contributed by atoms with E-state index in [0.717, 1.165) is 19.3 Å². The molecular weight excluding hydrogens is 933 g/mol. The summed E-state index contributed by atoms with van der Waals surface area (Å²) in [5.74, 6) is -4.82. The largest absolute Gasteiger partial charge is 0.459 e. The summed E-state index contributed by atoms with van der Waals surface area (Å²) in [5.41, 5.74) is -4.07. The Morgan fingerprint density at radius 2 is 1.43 bits per heavy atom. The lowest BCUT2D eigenvalue weighted by Crippen LogP contribution is -2.62. The van der Waals surface area contributed by atoms with Crippen molar-refractivity contribution in [2.75, 3.05) is 21.2 Å². The molecule has 16 nitrogen and oxygen atoms in total. The summed E-state index contributed by atoms with van der Waals surface area (Å²) in [6.45, 7) is 35.1. The van der Waals surface area contributed by atoms with Crippen LogP contribution in [-0.4, -0.2) is 166 Å². The average molecular weight is 1030 g/mol. The van der Waals surface area contributed by atoms with E-state index in [9.17, 15) is 20.1 Å². The number of cyclic esters (lactones) is 1. The van der Waals surface area contributed by atoms with Crippen LogP contribution in [0.4, 0.5) is 0 Å². The summed E-state index contributed by atoms with van der Waals surface area (Å²) in [6, 6.07) is -0.0774. The van der Waals surface area contributed by atoms with Crippen LogP contribution in [0.15, 0.2) is 5.16 Å². The first-order valence-corrected chi connectivity index (χ1v) is 33.4. The van der Waals surface area contributed by atoms with E-state index >= 15 is 0 Å². The average Bonchev–Trinajstić information content (AvgIpc) is 3.23. The standard InChI is InChI=1S/C52H100N2O14Si2/c1-22-39-51(12,58)44(55)34(6)41(53-68-52(65-31(2)3)26-24-23-25-27-52)32(4)29-49(10,57)45(64-48-43(66-69(16,17)18)38(54(13)14)28-33(5)60-48)35(7)42(36(8)47(56)62-39)63-40-30-50(11,59-15)46(37(9)61-40)67-70(19,20)21/h31-40,42-46,48,55,57-58H,22-30H2,1-21H3/b53-41+/t32-,33-,34-,35+,36-,37+,38+,39+,40?,42+,43-,44-,45-,46+,48+,49+,50-,51-/m1/s1. The molecule has 0 bridgehead atoms. The number of carbonyl (C=O) groups is 1. The summed E-state index contributed by atoms with van der Waals surface area (Å²) < 4.78 is 60.5. The molecule has 3 heterocycles. The number of hydrogen-bond acceptors (Lipinski definition) is 16. The van der Waals surface area contributed by atoms with Crippen LogP contribution < -0.4 is 0 Å². The zero-order valence-electron chi connectivity index (χ0n) is 47.3. The monoisotopic (exact) mass is 1030 g/mol. The van der Waals surface area contributed by atoms with Crippen LogP contribution in [0.2, 0.25) is 39.3 Å². The summed E-state index contributed by atoms with van der Waals surface area (Å²) in [4.78, 5) is 23.5. The molecule has 410 valence electrons. The number of oxime groups is 1. The number of hydrogen-bond donors (Lipinski definition) is 3. The summed E-state index contributed by atoms with van der Waals surface area (Å²) in [6.07, 6.45) is -2.93. The van der Waals surface area contributed by atoms with Gasteiger partial charge in [0.05, 0.1) is 65.6 Å². The SMILES string of the molecule is CC[C@@H]1OC(=O)[C@H](C)[C@@H](OC2C[C@@](C)(OC)[C@@H](O[Si](C)(C)C)[C@H](C)O2)[C@H](C)[C@@H](O[C@@H]2O[C@H](C)C[C@H](N(C)C)[C@H]2O[Si](C)(C)C)[C@@](C)(O)C[C@@H](C)/C(=N\OC2(OC(C)C)CCCCC2)[C@@H](C)[C@@H](O)[C@]1(C)O. The number of aliphatic hydroxyl groups is 3. The van der Waals surface area contributed by atoms with Crippen molar-refractivity contribution in [3.05, 3.63) is 0 Å². The zero-order valence-corrected chi connectivity index (χ0v) is 49.3. The van der Waals surface area contributed by atoms with Crippen molar-refractivity contribution in [2.24, 2.45) is 28.8 Å². The van der Waals surface area contributed by atoms with E-state index in [1.54, 1.807) is 34.8 Å². The minimum absolute atomic E-state index is 0.0531. The van der Waals surface area contributed by atoms with Gasteiger partial charge in [-0.05, 0) is 141 Å². The van der Waals surface area contributed by atoms with E-state index in [1.807, 2.05) is 62.6 Å². The molecule has 4 aliphatic rings. The van der Waals surface area contributed by atoms with Gasteiger partial charge in [-0.2, -0.15) is 0 Å². The maximum absolute atomic E-state index is 14.8. The van der Waals surface area contributed by atoms with Crippen molar-refractivity contribution in [1.29, 1.82) is 0 Å². The molecule has 0 amide bonds. The number of methoxy groups -OCH3 is 1. The van der Waals surface area contributed by atoms with Gasteiger partial charge in [-0.15, -0.1) is 0 Å². The molecule has 0 spiro atoms. The Morgan fingerprint density at radius 1 is 0.829 bits per heavy atom. The number of aliphatic hydroxyl groups excluding tert-OH is 1. The second kappa shape index (κ2) is 24.3. The molecule has 3 aliphatic heterocycles.